The van der Waals surface area contributed by atoms with Crippen LogP contribution in [0, 0.1) is 0 Å². The molecule has 1 unspecified atom stereocenters. The van der Waals surface area contributed by atoms with E-state index in [0.29, 0.717) is 21.8 Å². The van der Waals surface area contributed by atoms with Gasteiger partial charge in [-0.3, -0.25) is 4.79 Å². The summed E-state index contributed by atoms with van der Waals surface area (Å²) in [5.41, 5.74) is 0. The van der Waals surface area contributed by atoms with Crippen LogP contribution < -0.4 is 4.74 Å². The lowest BCUT2D eigenvalue weighted by Gasteiger charge is -2.15. The molecule has 8 heteroatoms. The molecular weight excluding hydrogens is 326 g/mol. The van der Waals surface area contributed by atoms with E-state index in [0.717, 1.165) is 0 Å². The van der Waals surface area contributed by atoms with Gasteiger partial charge in [-0.2, -0.15) is 0 Å². The molecule has 22 heavy (non-hydrogen) atoms. The summed E-state index contributed by atoms with van der Waals surface area (Å²) in [6.07, 6.45) is -0.329. The van der Waals surface area contributed by atoms with Crippen molar-refractivity contribution < 1.29 is 14.3 Å². The molecular formula is C14H16ClN3O3S. The van der Waals surface area contributed by atoms with Crippen LogP contribution in [0.4, 0.5) is 0 Å². The minimum absolute atomic E-state index is 0.183. The normalized spacial score (nSPS) is 12.0. The van der Waals surface area contributed by atoms with Gasteiger partial charge in [0.25, 0.3) is 0 Å². The van der Waals surface area contributed by atoms with Gasteiger partial charge in [0.15, 0.2) is 17.1 Å². The number of ether oxygens (including phenoxy) is 2. The molecule has 0 aliphatic carbocycles. The number of aromatic nitrogens is 3. The van der Waals surface area contributed by atoms with E-state index >= 15 is 0 Å². The second-order valence-electron chi connectivity index (χ2n) is 4.46. The first kappa shape index (κ1) is 16.6. The van der Waals surface area contributed by atoms with Crippen molar-refractivity contribution in [2.45, 2.75) is 18.2 Å². The number of carbonyl (C=O) groups excluding carboxylic acids is 1. The summed E-state index contributed by atoms with van der Waals surface area (Å²) in [5.74, 6) is 1.10. The van der Waals surface area contributed by atoms with Crippen molar-refractivity contribution in [3.8, 4) is 5.75 Å². The molecule has 0 radical (unpaired) electrons. The van der Waals surface area contributed by atoms with Gasteiger partial charge in [-0.05, 0) is 19.1 Å². The van der Waals surface area contributed by atoms with Crippen molar-refractivity contribution >= 4 is 29.3 Å². The summed E-state index contributed by atoms with van der Waals surface area (Å²) in [5, 5.41) is 9.34. The minimum Gasteiger partial charge on any atom is -0.481 e. The third kappa shape index (κ3) is 3.92. The van der Waals surface area contributed by atoms with Crippen LogP contribution in [0.1, 0.15) is 18.9 Å². The zero-order chi connectivity index (χ0) is 16.1. The molecule has 1 heterocycles. The van der Waals surface area contributed by atoms with E-state index in [1.54, 1.807) is 16.7 Å². The van der Waals surface area contributed by atoms with Gasteiger partial charge in [-0.15, -0.1) is 10.2 Å². The van der Waals surface area contributed by atoms with Gasteiger partial charge >= 0.3 is 5.97 Å². The summed E-state index contributed by atoms with van der Waals surface area (Å²) in [6.45, 7) is 1.86. The van der Waals surface area contributed by atoms with Crippen molar-refractivity contribution in [3.05, 3.63) is 35.1 Å². The molecule has 2 aromatic rings. The maximum atomic E-state index is 11.2. The second kappa shape index (κ2) is 7.51. The monoisotopic (exact) mass is 341 g/mol. The molecule has 0 aliphatic heterocycles. The number of rotatable bonds is 6. The fraction of sp³-hybridized carbons (Fsp3) is 0.357. The standard InChI is InChI=1S/C14H16ClN3O3S/c1-9(21-11-7-5-4-6-10(11)15)13-16-17-14(18(13)2)22-8-12(19)20-3/h4-7,9H,8H2,1-3H3. The van der Waals surface area contributed by atoms with E-state index < -0.39 is 0 Å². The highest BCUT2D eigenvalue weighted by atomic mass is 35.5. The predicted octanol–water partition coefficient (Wildman–Crippen LogP) is 2.87. The molecule has 1 aromatic heterocycles. The first-order chi connectivity index (χ1) is 10.5. The first-order valence-electron chi connectivity index (χ1n) is 6.53. The van der Waals surface area contributed by atoms with E-state index in [4.69, 9.17) is 16.3 Å². The van der Waals surface area contributed by atoms with Crippen LogP contribution in [0.3, 0.4) is 0 Å². The molecule has 6 nitrogen and oxygen atoms in total. The highest BCUT2D eigenvalue weighted by Crippen LogP contribution is 2.28. The molecule has 0 saturated heterocycles. The molecule has 0 bridgehead atoms. The predicted molar refractivity (Wildman–Crippen MR) is 84.2 cm³/mol. The third-order valence-electron chi connectivity index (χ3n) is 2.92. The number of benzene rings is 1. The highest BCUT2D eigenvalue weighted by Gasteiger charge is 2.18. The Morgan fingerprint density at radius 1 is 1.41 bits per heavy atom. The highest BCUT2D eigenvalue weighted by molar-refractivity contribution is 7.99. The average molecular weight is 342 g/mol. The molecule has 0 spiro atoms. The number of nitrogens with zero attached hydrogens (tertiary/aromatic N) is 3. The molecule has 0 amide bonds. The summed E-state index contributed by atoms with van der Waals surface area (Å²) in [4.78, 5) is 11.2. The molecule has 0 N–H and O–H groups in total. The first-order valence-corrected chi connectivity index (χ1v) is 7.89. The summed E-state index contributed by atoms with van der Waals surface area (Å²) < 4.78 is 12.2. The van der Waals surface area contributed by atoms with Crippen molar-refractivity contribution in [3.63, 3.8) is 0 Å². The van der Waals surface area contributed by atoms with Crippen LogP contribution in [0.2, 0.25) is 5.02 Å². The van der Waals surface area contributed by atoms with Crippen LogP contribution in [0.25, 0.3) is 0 Å². The van der Waals surface area contributed by atoms with Gasteiger partial charge in [-0.25, -0.2) is 0 Å². The Hall–Kier alpha value is -1.73. The molecule has 2 rings (SSSR count). The summed E-state index contributed by atoms with van der Waals surface area (Å²) in [6, 6.07) is 7.24. The number of hydrogen-bond donors (Lipinski definition) is 0. The third-order valence-corrected chi connectivity index (χ3v) is 4.23. The van der Waals surface area contributed by atoms with Gasteiger partial charge in [-0.1, -0.05) is 35.5 Å². The van der Waals surface area contributed by atoms with Gasteiger partial charge in [0.2, 0.25) is 0 Å². The Balaban J connectivity index is 2.07. The van der Waals surface area contributed by atoms with Crippen molar-refractivity contribution in [2.75, 3.05) is 12.9 Å². The number of hydrogen-bond acceptors (Lipinski definition) is 6. The largest absolute Gasteiger partial charge is 0.481 e. The Bertz CT molecular complexity index is 663. The molecule has 1 atom stereocenters. The number of esters is 1. The van der Waals surface area contributed by atoms with Gasteiger partial charge < -0.3 is 14.0 Å². The van der Waals surface area contributed by atoms with Gasteiger partial charge in [0.1, 0.15) is 5.75 Å². The lowest BCUT2D eigenvalue weighted by atomic mass is 10.3. The number of halogens is 1. The molecule has 0 fully saturated rings. The van der Waals surface area contributed by atoms with Gasteiger partial charge in [0, 0.05) is 7.05 Å². The van der Waals surface area contributed by atoms with Crippen molar-refractivity contribution in [1.82, 2.24) is 14.8 Å². The number of para-hydroxylation sites is 1. The summed E-state index contributed by atoms with van der Waals surface area (Å²) in [7, 11) is 3.17. The lowest BCUT2D eigenvalue weighted by molar-refractivity contribution is -0.137. The van der Waals surface area contributed by atoms with Gasteiger partial charge in [0.05, 0.1) is 17.9 Å². The van der Waals surface area contributed by atoms with E-state index in [1.807, 2.05) is 26.1 Å². The molecule has 118 valence electrons. The van der Waals surface area contributed by atoms with Crippen LogP contribution in [0.15, 0.2) is 29.4 Å². The number of carbonyl (C=O) groups is 1. The van der Waals surface area contributed by atoms with Crippen LogP contribution >= 0.6 is 23.4 Å². The maximum Gasteiger partial charge on any atom is 0.316 e. The quantitative estimate of drug-likeness (QED) is 0.594. The fourth-order valence-electron chi connectivity index (χ4n) is 1.77. The number of thioether (sulfide) groups is 1. The van der Waals surface area contributed by atoms with E-state index in [9.17, 15) is 4.79 Å². The maximum absolute atomic E-state index is 11.2. The second-order valence-corrected chi connectivity index (χ2v) is 5.80. The molecule has 1 aromatic carbocycles. The molecule has 0 aliphatic rings. The Morgan fingerprint density at radius 3 is 2.82 bits per heavy atom. The minimum atomic E-state index is -0.329. The Labute approximate surface area is 137 Å². The van der Waals surface area contributed by atoms with Crippen molar-refractivity contribution in [1.29, 1.82) is 0 Å². The zero-order valence-electron chi connectivity index (χ0n) is 12.4. The molecule has 0 saturated carbocycles. The SMILES string of the molecule is COC(=O)CSc1nnc(C(C)Oc2ccccc2Cl)n1C. The average Bonchev–Trinajstić information content (AvgIpc) is 2.88. The topological polar surface area (TPSA) is 66.2 Å². The fourth-order valence-corrected chi connectivity index (χ4v) is 2.70. The smallest absolute Gasteiger partial charge is 0.316 e. The lowest BCUT2D eigenvalue weighted by Crippen LogP contribution is -2.10. The van der Waals surface area contributed by atoms with E-state index in [1.165, 1.54) is 18.9 Å². The van der Waals surface area contributed by atoms with Crippen LogP contribution in [-0.2, 0) is 16.6 Å². The van der Waals surface area contributed by atoms with Crippen LogP contribution in [-0.4, -0.2) is 33.6 Å². The summed E-state index contributed by atoms with van der Waals surface area (Å²) >= 11 is 7.34. The van der Waals surface area contributed by atoms with E-state index in [2.05, 4.69) is 14.9 Å². The zero-order valence-corrected chi connectivity index (χ0v) is 14.0. The number of methoxy groups -OCH3 is 1. The van der Waals surface area contributed by atoms with Crippen LogP contribution in [0.5, 0.6) is 5.75 Å². The van der Waals surface area contributed by atoms with Crippen molar-refractivity contribution in [2.24, 2.45) is 7.05 Å². The van der Waals surface area contributed by atoms with E-state index in [-0.39, 0.29) is 17.8 Å². The Morgan fingerprint density at radius 2 is 2.14 bits per heavy atom. The Kier molecular flexibility index (Phi) is 5.68.